The van der Waals surface area contributed by atoms with Gasteiger partial charge in [0.25, 0.3) is 0 Å². The minimum atomic E-state index is -0.215. The summed E-state index contributed by atoms with van der Waals surface area (Å²) < 4.78 is 0. The van der Waals surface area contributed by atoms with E-state index < -0.39 is 0 Å². The fourth-order valence-electron chi connectivity index (χ4n) is 5.39. The first kappa shape index (κ1) is 15.8. The second-order valence-electron chi connectivity index (χ2n) is 8.18. The van der Waals surface area contributed by atoms with Crippen molar-refractivity contribution in [3.8, 4) is 0 Å². The van der Waals surface area contributed by atoms with E-state index in [9.17, 15) is 14.4 Å². The van der Waals surface area contributed by atoms with Gasteiger partial charge in [-0.2, -0.15) is 0 Å². The Balaban J connectivity index is 1.44. The number of rotatable bonds is 3. The number of amides is 3. The zero-order valence-corrected chi connectivity index (χ0v) is 15.0. The second kappa shape index (κ2) is 5.29. The third-order valence-corrected chi connectivity index (χ3v) is 6.76. The van der Waals surface area contributed by atoms with E-state index in [-0.39, 0.29) is 48.1 Å². The van der Waals surface area contributed by atoms with E-state index in [4.69, 9.17) is 0 Å². The molecule has 6 rings (SSSR count). The molecule has 0 aromatic heterocycles. The predicted octanol–water partition coefficient (Wildman–Crippen LogP) is 2.36. The average Bonchev–Trinajstić information content (AvgIpc) is 3.40. The zero-order valence-electron chi connectivity index (χ0n) is 15.0. The lowest BCUT2D eigenvalue weighted by Gasteiger charge is -2.37. The summed E-state index contributed by atoms with van der Waals surface area (Å²) in [5.74, 6) is 0.802. The monoisotopic (exact) mass is 350 g/mol. The van der Waals surface area contributed by atoms with Crippen molar-refractivity contribution in [3.05, 3.63) is 42.0 Å². The Bertz CT molecular complexity index is 807. The van der Waals surface area contributed by atoms with Crippen molar-refractivity contribution in [1.29, 1.82) is 0 Å². The van der Waals surface area contributed by atoms with E-state index >= 15 is 0 Å². The molecular formula is C21H22N2O3. The van der Waals surface area contributed by atoms with Crippen LogP contribution in [-0.2, 0) is 14.4 Å². The quantitative estimate of drug-likeness (QED) is 0.621. The van der Waals surface area contributed by atoms with Crippen LogP contribution in [0.4, 0.5) is 5.69 Å². The smallest absolute Gasteiger partial charge is 0.235 e. The van der Waals surface area contributed by atoms with Crippen molar-refractivity contribution in [3.63, 3.8) is 0 Å². The highest BCUT2D eigenvalue weighted by atomic mass is 16.2. The van der Waals surface area contributed by atoms with Crippen LogP contribution in [-0.4, -0.2) is 29.3 Å². The molecule has 1 aromatic carbocycles. The number of aryl methyl sites for hydroxylation is 1. The number of likely N-dealkylation sites (tertiary alicyclic amines) is 1. The number of hydrogen-bond acceptors (Lipinski definition) is 3. The molecule has 0 spiro atoms. The predicted molar refractivity (Wildman–Crippen MR) is 95.8 cm³/mol. The van der Waals surface area contributed by atoms with Gasteiger partial charge in [0, 0.05) is 12.6 Å². The van der Waals surface area contributed by atoms with Crippen LogP contribution in [0.15, 0.2) is 36.4 Å². The Hall–Kier alpha value is -2.43. The summed E-state index contributed by atoms with van der Waals surface area (Å²) in [6.07, 6.45) is 5.48. The van der Waals surface area contributed by atoms with Gasteiger partial charge in [0.2, 0.25) is 17.7 Å². The van der Waals surface area contributed by atoms with Gasteiger partial charge in [-0.05, 0) is 49.1 Å². The van der Waals surface area contributed by atoms with E-state index in [1.54, 1.807) is 0 Å². The topological polar surface area (TPSA) is 57.7 Å². The molecule has 5 aliphatic rings. The molecule has 1 aliphatic heterocycles. The van der Waals surface area contributed by atoms with Gasteiger partial charge in [0.05, 0.1) is 11.8 Å². The van der Waals surface area contributed by atoms with Crippen molar-refractivity contribution >= 4 is 23.4 Å². The van der Waals surface area contributed by atoms with E-state index in [0.717, 1.165) is 12.0 Å². The number of carbonyl (C=O) groups is 3. The highest BCUT2D eigenvalue weighted by molar-refractivity contribution is 6.07. The molecule has 3 fully saturated rings. The molecule has 0 N–H and O–H groups in total. The molecule has 3 amide bonds. The Morgan fingerprint density at radius 1 is 1.04 bits per heavy atom. The summed E-state index contributed by atoms with van der Waals surface area (Å²) in [4.78, 5) is 41.2. The highest BCUT2D eigenvalue weighted by Crippen LogP contribution is 2.65. The normalized spacial score (nSPS) is 36.2. The molecule has 6 atom stereocenters. The standard InChI is InChI=1S/C21H22N2O3/c1-11-3-5-13(6-4-11)22(12(2)24)10-23-20(25)18-14-7-8-15(17-9-16(14)17)19(18)21(23)26/h3-8,14-19H,9-10H2,1-2H3/t14-,15-,16-,17+,18-,19+/m1/s1. The summed E-state index contributed by atoms with van der Waals surface area (Å²) >= 11 is 0. The van der Waals surface area contributed by atoms with E-state index in [1.165, 1.54) is 16.7 Å². The Morgan fingerprint density at radius 3 is 2.08 bits per heavy atom. The van der Waals surface area contributed by atoms with Gasteiger partial charge in [0.15, 0.2) is 0 Å². The molecule has 134 valence electrons. The Labute approximate surface area is 152 Å². The first-order valence-corrected chi connectivity index (χ1v) is 9.35. The van der Waals surface area contributed by atoms with Crippen LogP contribution in [0.25, 0.3) is 0 Å². The van der Waals surface area contributed by atoms with E-state index in [0.29, 0.717) is 17.5 Å². The number of anilines is 1. The van der Waals surface area contributed by atoms with Gasteiger partial charge in [0.1, 0.15) is 6.67 Å². The van der Waals surface area contributed by atoms with Crippen molar-refractivity contribution in [1.82, 2.24) is 4.90 Å². The number of imide groups is 1. The molecule has 0 radical (unpaired) electrons. The van der Waals surface area contributed by atoms with Gasteiger partial charge in [-0.15, -0.1) is 0 Å². The number of carbonyl (C=O) groups excluding carboxylic acids is 3. The van der Waals surface area contributed by atoms with Crippen LogP contribution >= 0.6 is 0 Å². The van der Waals surface area contributed by atoms with Gasteiger partial charge >= 0.3 is 0 Å². The third-order valence-electron chi connectivity index (χ3n) is 6.76. The SMILES string of the molecule is CC(=O)N(CN1C(=O)[C@@H]2[C@@H]3C=C[C@H]([C@@H]4C[C@H]34)[C@@H]2C1=O)c1ccc(C)cc1. The maximum Gasteiger partial charge on any atom is 0.235 e. The number of benzene rings is 1. The summed E-state index contributed by atoms with van der Waals surface area (Å²) in [6.45, 7) is 3.46. The molecule has 1 aromatic rings. The Kier molecular flexibility index (Phi) is 3.21. The van der Waals surface area contributed by atoms with Crippen LogP contribution in [0.3, 0.4) is 0 Å². The van der Waals surface area contributed by atoms with E-state index in [2.05, 4.69) is 12.2 Å². The summed E-state index contributed by atoms with van der Waals surface area (Å²) in [5.41, 5.74) is 1.81. The van der Waals surface area contributed by atoms with Crippen LogP contribution in [0.2, 0.25) is 0 Å². The highest BCUT2D eigenvalue weighted by Gasteiger charge is 2.67. The van der Waals surface area contributed by atoms with Crippen LogP contribution in [0.5, 0.6) is 0 Å². The average molecular weight is 350 g/mol. The van der Waals surface area contributed by atoms with Crippen molar-refractivity contribution < 1.29 is 14.4 Å². The van der Waals surface area contributed by atoms with Crippen LogP contribution in [0.1, 0.15) is 18.9 Å². The van der Waals surface area contributed by atoms with Crippen molar-refractivity contribution in [2.75, 3.05) is 11.6 Å². The lowest BCUT2D eigenvalue weighted by molar-refractivity contribution is -0.140. The third kappa shape index (κ3) is 2.06. The summed E-state index contributed by atoms with van der Waals surface area (Å²) in [7, 11) is 0. The van der Waals surface area contributed by atoms with E-state index in [1.807, 2.05) is 31.2 Å². The van der Waals surface area contributed by atoms with Crippen molar-refractivity contribution in [2.24, 2.45) is 35.5 Å². The number of nitrogens with zero attached hydrogens (tertiary/aromatic N) is 2. The fraction of sp³-hybridized carbons (Fsp3) is 0.476. The number of allylic oxidation sites excluding steroid dienone is 2. The fourth-order valence-corrected chi connectivity index (χ4v) is 5.39. The van der Waals surface area contributed by atoms with Crippen LogP contribution in [0, 0.1) is 42.4 Å². The van der Waals surface area contributed by atoms with Gasteiger partial charge < -0.3 is 0 Å². The van der Waals surface area contributed by atoms with Gasteiger partial charge in [-0.1, -0.05) is 29.8 Å². The second-order valence-corrected chi connectivity index (χ2v) is 8.18. The lowest BCUT2D eigenvalue weighted by Crippen LogP contribution is -2.44. The number of hydrogen-bond donors (Lipinski definition) is 0. The molecule has 5 nitrogen and oxygen atoms in total. The van der Waals surface area contributed by atoms with Gasteiger partial charge in [-0.25, -0.2) is 0 Å². The maximum absolute atomic E-state index is 13.1. The summed E-state index contributed by atoms with van der Waals surface area (Å²) in [5, 5.41) is 0. The first-order chi connectivity index (χ1) is 12.5. The molecule has 4 aliphatic carbocycles. The largest absolute Gasteiger partial charge is 0.294 e. The zero-order chi connectivity index (χ0) is 18.2. The molecule has 0 unspecified atom stereocenters. The minimum Gasteiger partial charge on any atom is -0.294 e. The molecule has 5 heteroatoms. The maximum atomic E-state index is 13.1. The molecular weight excluding hydrogens is 328 g/mol. The first-order valence-electron chi connectivity index (χ1n) is 9.35. The minimum absolute atomic E-state index is 0.0117. The molecule has 2 saturated carbocycles. The molecule has 1 saturated heterocycles. The lowest BCUT2D eigenvalue weighted by atomic mass is 9.63. The van der Waals surface area contributed by atoms with Crippen LogP contribution < -0.4 is 4.90 Å². The molecule has 26 heavy (non-hydrogen) atoms. The Morgan fingerprint density at radius 2 is 1.58 bits per heavy atom. The van der Waals surface area contributed by atoms with Gasteiger partial charge in [-0.3, -0.25) is 24.2 Å². The summed E-state index contributed by atoms with van der Waals surface area (Å²) in [6, 6.07) is 7.57. The molecule has 2 bridgehead atoms. The van der Waals surface area contributed by atoms with Crippen molar-refractivity contribution in [2.45, 2.75) is 20.3 Å². The molecule has 1 heterocycles.